The Morgan fingerprint density at radius 1 is 0.608 bits per heavy atom. The summed E-state index contributed by atoms with van der Waals surface area (Å²) in [5, 5.41) is 52.2. The fourth-order valence-electron chi connectivity index (χ4n) is 9.33. The van der Waals surface area contributed by atoms with E-state index >= 15 is 0 Å². The normalized spacial score (nSPS) is 13.6. The van der Waals surface area contributed by atoms with E-state index in [1.807, 2.05) is 5.43 Å². The minimum atomic E-state index is -5.15. The first kappa shape index (κ1) is 76.9. The van der Waals surface area contributed by atoms with Crippen molar-refractivity contribution in [3.8, 4) is 5.75 Å². The molecular formula is C62H76F3N15O16S. The number of aliphatic carboxylic acids is 2. The molecule has 19 N–H and O–H groups in total. The van der Waals surface area contributed by atoms with Crippen LogP contribution in [-0.4, -0.2) is 182 Å². The van der Waals surface area contributed by atoms with Crippen LogP contribution in [0, 0.1) is 0 Å². The maximum atomic E-state index is 14.5. The first-order valence-corrected chi connectivity index (χ1v) is 31.5. The second kappa shape index (κ2) is 37.9. The number of phenols is 1. The molecule has 0 aliphatic heterocycles. The van der Waals surface area contributed by atoms with Gasteiger partial charge < -0.3 is 79.6 Å². The summed E-state index contributed by atoms with van der Waals surface area (Å²) in [7, 11) is 0. The summed E-state index contributed by atoms with van der Waals surface area (Å²) in [4.78, 5) is 178. The third-order valence-electron chi connectivity index (χ3n) is 14.6. The van der Waals surface area contributed by atoms with Gasteiger partial charge in [-0.2, -0.15) is 24.9 Å². The third kappa shape index (κ3) is 26.1. The number of carbonyl (C=O) groups excluding carboxylic acids is 11. The van der Waals surface area contributed by atoms with Crippen LogP contribution in [0.25, 0.3) is 10.9 Å². The monoisotopic (exact) mass is 1380 g/mol. The Hall–Kier alpha value is -10.8. The number of hydrogen-bond donors (Lipinski definition) is 17. The van der Waals surface area contributed by atoms with Gasteiger partial charge in [0.25, 0.3) is 5.91 Å². The van der Waals surface area contributed by atoms with Gasteiger partial charge in [-0.25, -0.2) is 4.98 Å². The van der Waals surface area contributed by atoms with Gasteiger partial charge in [0.1, 0.15) is 53.9 Å². The number of carboxylic acid groups (broad SMARTS) is 2. The topological polar surface area (TPSA) is 496 Å². The Kier molecular flexibility index (Phi) is 30.0. The number of primary amides is 1. The van der Waals surface area contributed by atoms with Crippen molar-refractivity contribution >= 4 is 105 Å². The molecule has 0 saturated carbocycles. The number of halogens is 3. The molecule has 0 radical (unpaired) electrons. The summed E-state index contributed by atoms with van der Waals surface area (Å²) in [6, 6.07) is 11.5. The van der Waals surface area contributed by atoms with Gasteiger partial charge in [-0.15, -0.1) is 0 Å². The number of nitrogens with one attached hydrogen (secondary N) is 12. The smallest absolute Gasteiger partial charge is 0.472 e. The standard InChI is InChI=1S/C62H76F3N15O16S/c1-33(72-57(92)42(20-22-50(83)84)74-55(90)40(66)13-8-9-24-68-54(89)36-17-21-48(70-30-36)79-80-61(96)62(63,64)65)53(88)77-45(27-35-15-18-38(81)19-16-35)56(91)71-32-49(82)73-46(28-37-31-69-41-14-7-6-12-39(37)41)59(94)75-43(23-25-97-2)58(93)78-47(29-51(85)86)60(95)76-44(52(67)87)26-34-10-4-3-5-11-34/h3-7,10-12,14-19,21,30-31,33,40,42-47,69,81H,8-9,13,20,22-29,32,66H2,1-2H3,(H2,67,87)(H,68,89)(H,70,79)(H,71,91)(H,72,92)(H,73,82)(H,74,90)(H,75,94)(H,76,95)(H,77,88)(H,78,93)(H,80,96)(H,83,84)(H,85,86)/t33-,40-,42-,43-,44-,45-,46-,47-/m0/s1. The van der Waals surface area contributed by atoms with Crippen LogP contribution in [0.4, 0.5) is 19.0 Å². The number of pyridine rings is 1. The molecule has 2 aromatic heterocycles. The average molecular weight is 1380 g/mol. The Labute approximate surface area is 556 Å². The van der Waals surface area contributed by atoms with E-state index in [0.717, 1.165) is 12.3 Å². The van der Waals surface area contributed by atoms with Crippen LogP contribution in [0.1, 0.15) is 78.9 Å². The van der Waals surface area contributed by atoms with Crippen LogP contribution in [0.5, 0.6) is 5.75 Å². The summed E-state index contributed by atoms with van der Waals surface area (Å²) in [5.41, 5.74) is 17.3. The average Bonchev–Trinajstić information content (AvgIpc) is 1.73. The Morgan fingerprint density at radius 2 is 1.20 bits per heavy atom. The molecule has 0 fully saturated rings. The number of aromatic hydroxyl groups is 1. The third-order valence-corrected chi connectivity index (χ3v) is 15.2. The fourth-order valence-corrected chi connectivity index (χ4v) is 9.80. The number of nitrogens with two attached hydrogens (primary N) is 2. The number of hydrazine groups is 1. The number of unbranched alkanes of at least 4 members (excludes halogenated alkanes) is 1. The zero-order valence-electron chi connectivity index (χ0n) is 52.4. The van der Waals surface area contributed by atoms with Crippen LogP contribution in [0.15, 0.2) is 103 Å². The zero-order chi connectivity index (χ0) is 71.4. The highest BCUT2D eigenvalue weighted by Gasteiger charge is 2.39. The van der Waals surface area contributed by atoms with Crippen LogP contribution in [0.3, 0.4) is 0 Å². The maximum absolute atomic E-state index is 14.5. The van der Waals surface area contributed by atoms with Crippen LogP contribution in [0.2, 0.25) is 0 Å². The minimum absolute atomic E-state index is 0.00838. The van der Waals surface area contributed by atoms with E-state index in [1.54, 1.807) is 67.0 Å². The molecule has 522 valence electrons. The van der Waals surface area contributed by atoms with Crippen molar-refractivity contribution in [3.05, 3.63) is 126 Å². The summed E-state index contributed by atoms with van der Waals surface area (Å²) in [5.74, 6) is -14.5. The number of amides is 11. The largest absolute Gasteiger partial charge is 0.508 e. The maximum Gasteiger partial charge on any atom is 0.472 e. The van der Waals surface area contributed by atoms with Crippen LogP contribution < -0.4 is 70.2 Å². The summed E-state index contributed by atoms with van der Waals surface area (Å²) in [6.45, 7) is 0.460. The van der Waals surface area contributed by atoms with E-state index in [4.69, 9.17) is 11.5 Å². The molecule has 2 heterocycles. The highest BCUT2D eigenvalue weighted by molar-refractivity contribution is 7.98. The van der Waals surface area contributed by atoms with Crippen molar-refractivity contribution in [1.29, 1.82) is 0 Å². The lowest BCUT2D eigenvalue weighted by Crippen LogP contribution is -2.59. The first-order valence-electron chi connectivity index (χ1n) is 30.1. The molecule has 5 aromatic rings. The van der Waals surface area contributed by atoms with E-state index in [0.29, 0.717) is 27.6 Å². The molecule has 0 saturated heterocycles. The van der Waals surface area contributed by atoms with Gasteiger partial charge in [-0.3, -0.25) is 73.2 Å². The molecule has 0 aliphatic carbocycles. The molecule has 0 bridgehead atoms. The number of H-pyrrole nitrogens is 1. The molecule has 11 amide bonds. The van der Waals surface area contributed by atoms with Gasteiger partial charge >= 0.3 is 24.0 Å². The summed E-state index contributed by atoms with van der Waals surface area (Å²) in [6.07, 6.45) is -2.90. The Bertz CT molecular complexity index is 3590. The number of thioether (sulfide) groups is 1. The number of nitrogens with zero attached hydrogens (tertiary/aromatic N) is 1. The second-order valence-corrected chi connectivity index (χ2v) is 23.1. The van der Waals surface area contributed by atoms with E-state index < -0.39 is 157 Å². The van der Waals surface area contributed by atoms with Crippen molar-refractivity contribution < 1.29 is 90.8 Å². The Morgan fingerprint density at radius 3 is 1.85 bits per heavy atom. The Balaban J connectivity index is 1.23. The number of fused-ring (bicyclic) bond motifs is 1. The molecular weight excluding hydrogens is 1300 g/mol. The number of benzene rings is 3. The molecule has 8 atom stereocenters. The van der Waals surface area contributed by atoms with Crippen molar-refractivity contribution in [2.75, 3.05) is 30.5 Å². The van der Waals surface area contributed by atoms with Gasteiger partial charge in [-0.1, -0.05) is 60.7 Å². The van der Waals surface area contributed by atoms with Gasteiger partial charge in [0.15, 0.2) is 0 Å². The molecule has 3 aromatic carbocycles. The summed E-state index contributed by atoms with van der Waals surface area (Å²) < 4.78 is 37.3. The van der Waals surface area contributed by atoms with Gasteiger partial charge in [0, 0.05) is 55.5 Å². The number of alkyl halides is 3. The second-order valence-electron chi connectivity index (χ2n) is 22.1. The molecule has 0 spiro atoms. The van der Waals surface area contributed by atoms with Gasteiger partial charge in [0.05, 0.1) is 24.6 Å². The van der Waals surface area contributed by atoms with E-state index in [9.17, 15) is 90.8 Å². The van der Waals surface area contributed by atoms with E-state index in [1.165, 1.54) is 54.4 Å². The lowest BCUT2D eigenvalue weighted by atomic mass is 10.0. The number of rotatable bonds is 39. The predicted octanol–water partition coefficient (Wildman–Crippen LogP) is -0.663. The molecule has 35 heteroatoms. The fraction of sp³-hybridized carbons (Fsp3) is 0.387. The molecule has 31 nitrogen and oxygen atoms in total. The van der Waals surface area contributed by atoms with Crippen LogP contribution in [-0.2, 0) is 76.8 Å². The molecule has 0 aliphatic rings. The minimum Gasteiger partial charge on any atom is -0.508 e. The lowest BCUT2D eigenvalue weighted by Gasteiger charge is -2.26. The number of para-hydroxylation sites is 1. The van der Waals surface area contributed by atoms with Crippen molar-refractivity contribution in [1.82, 2.24) is 63.2 Å². The molecule has 97 heavy (non-hydrogen) atoms. The quantitative estimate of drug-likeness (QED) is 0.0171. The van der Waals surface area contributed by atoms with Gasteiger partial charge in [-0.05, 0) is 98.1 Å². The van der Waals surface area contributed by atoms with Crippen molar-refractivity contribution in [3.63, 3.8) is 0 Å². The zero-order valence-corrected chi connectivity index (χ0v) is 53.2. The number of hydrogen-bond acceptors (Lipinski definition) is 18. The SMILES string of the molecule is CSCC[C@H](NC(=O)[C@H](Cc1c[nH]c2ccccc12)NC(=O)CNC(=O)[C@H](Cc1ccc(O)cc1)NC(=O)[C@H](C)NC(=O)[C@H](CCC(=O)O)NC(=O)[C@@H](N)CCCCNC(=O)c1ccc(NNC(=O)C(F)(F)F)nc1)C(=O)N[C@@H](CC(=O)O)C(=O)N[C@@H](Cc1ccccc1)C(N)=O. The number of aromatic nitrogens is 2. The number of phenolic OH excluding ortho intramolecular Hbond substituents is 1. The predicted molar refractivity (Wildman–Crippen MR) is 344 cm³/mol. The number of aromatic amines is 1. The highest BCUT2D eigenvalue weighted by atomic mass is 32.2. The number of anilines is 1. The first-order chi connectivity index (χ1) is 46.0. The highest BCUT2D eigenvalue weighted by Crippen LogP contribution is 2.20. The molecule has 5 rings (SSSR count). The van der Waals surface area contributed by atoms with Crippen molar-refractivity contribution in [2.24, 2.45) is 11.5 Å². The number of carboxylic acids is 2. The van der Waals surface area contributed by atoms with E-state index in [-0.39, 0.29) is 74.4 Å². The number of carbonyl (C=O) groups is 13. The lowest BCUT2D eigenvalue weighted by molar-refractivity contribution is -0.173. The van der Waals surface area contributed by atoms with E-state index in [2.05, 4.69) is 57.8 Å². The van der Waals surface area contributed by atoms with Crippen molar-refractivity contribution in [2.45, 2.75) is 126 Å². The molecule has 0 unspecified atom stereocenters. The summed E-state index contributed by atoms with van der Waals surface area (Å²) >= 11 is 1.29. The van der Waals surface area contributed by atoms with Gasteiger partial charge in [0.2, 0.25) is 53.2 Å². The van der Waals surface area contributed by atoms with Crippen LogP contribution >= 0.6 is 11.8 Å².